The number of nitro groups is 1. The Kier molecular flexibility index (Phi) is 5.17. The van der Waals surface area contributed by atoms with Crippen molar-refractivity contribution in [2.75, 3.05) is 19.7 Å². The average molecular weight is 280 g/mol. The number of ether oxygens (including phenoxy) is 2. The molecule has 1 atom stereocenters. The van der Waals surface area contributed by atoms with Gasteiger partial charge in [0.25, 0.3) is 0 Å². The van der Waals surface area contributed by atoms with Gasteiger partial charge in [0.2, 0.25) is 5.75 Å². The van der Waals surface area contributed by atoms with E-state index in [4.69, 9.17) is 9.47 Å². The third-order valence-electron chi connectivity index (χ3n) is 3.14. The van der Waals surface area contributed by atoms with Gasteiger partial charge in [0.05, 0.1) is 11.5 Å². The molecule has 6 heteroatoms. The molecular formula is C14H20N2O4. The van der Waals surface area contributed by atoms with Crippen LogP contribution in [0.5, 0.6) is 11.5 Å². The van der Waals surface area contributed by atoms with Crippen LogP contribution < -0.4 is 14.8 Å². The summed E-state index contributed by atoms with van der Waals surface area (Å²) in [5.41, 5.74) is -0.0208. The van der Waals surface area contributed by atoms with Gasteiger partial charge in [-0.1, -0.05) is 6.92 Å². The Morgan fingerprint density at radius 2 is 2.35 bits per heavy atom. The molecule has 1 aliphatic rings. The van der Waals surface area contributed by atoms with Crippen molar-refractivity contribution in [1.29, 1.82) is 0 Å². The van der Waals surface area contributed by atoms with Crippen LogP contribution in [0.15, 0.2) is 18.2 Å². The standard InChI is InChI=1S/C14H20N2O4/c1-2-8-19-14-9-11(5-6-13(14)16(17)18)20-12-4-3-7-15-10-12/h5-6,9,12,15H,2-4,7-8,10H2,1H3. The Morgan fingerprint density at radius 1 is 1.50 bits per heavy atom. The molecule has 0 aliphatic carbocycles. The number of rotatable bonds is 6. The molecule has 1 saturated heterocycles. The van der Waals surface area contributed by atoms with Gasteiger partial charge in [0.15, 0.2) is 0 Å². The highest BCUT2D eigenvalue weighted by Gasteiger charge is 2.19. The minimum atomic E-state index is -0.434. The summed E-state index contributed by atoms with van der Waals surface area (Å²) in [7, 11) is 0. The van der Waals surface area contributed by atoms with E-state index in [1.807, 2.05) is 6.92 Å². The van der Waals surface area contributed by atoms with Crippen molar-refractivity contribution < 1.29 is 14.4 Å². The summed E-state index contributed by atoms with van der Waals surface area (Å²) in [6, 6.07) is 4.69. The molecule has 1 aromatic rings. The van der Waals surface area contributed by atoms with Gasteiger partial charge < -0.3 is 14.8 Å². The van der Waals surface area contributed by atoms with Crippen LogP contribution in [0.4, 0.5) is 5.69 Å². The lowest BCUT2D eigenvalue weighted by Crippen LogP contribution is -2.37. The molecule has 1 aromatic carbocycles. The van der Waals surface area contributed by atoms with Crippen molar-refractivity contribution in [1.82, 2.24) is 5.32 Å². The fraction of sp³-hybridized carbons (Fsp3) is 0.571. The fourth-order valence-corrected chi connectivity index (χ4v) is 2.16. The number of nitrogens with zero attached hydrogens (tertiary/aromatic N) is 1. The molecule has 1 N–H and O–H groups in total. The van der Waals surface area contributed by atoms with Crippen LogP contribution in [-0.2, 0) is 0 Å². The van der Waals surface area contributed by atoms with Crippen LogP contribution in [0.25, 0.3) is 0 Å². The molecule has 110 valence electrons. The zero-order valence-electron chi connectivity index (χ0n) is 11.6. The van der Waals surface area contributed by atoms with Crippen molar-refractivity contribution in [3.05, 3.63) is 28.3 Å². The first-order valence-electron chi connectivity index (χ1n) is 6.99. The van der Waals surface area contributed by atoms with Crippen molar-refractivity contribution in [3.8, 4) is 11.5 Å². The summed E-state index contributed by atoms with van der Waals surface area (Å²) in [6.45, 7) is 4.24. The molecule has 0 amide bonds. The first-order valence-corrected chi connectivity index (χ1v) is 6.99. The van der Waals surface area contributed by atoms with E-state index in [1.165, 1.54) is 6.07 Å². The zero-order valence-corrected chi connectivity index (χ0v) is 11.6. The topological polar surface area (TPSA) is 73.6 Å². The molecule has 1 fully saturated rings. The van der Waals surface area contributed by atoms with Gasteiger partial charge in [-0.2, -0.15) is 0 Å². The Bertz CT molecular complexity index is 458. The van der Waals surface area contributed by atoms with E-state index in [-0.39, 0.29) is 17.5 Å². The molecule has 1 unspecified atom stereocenters. The Hall–Kier alpha value is -1.82. The molecule has 6 nitrogen and oxygen atoms in total. The molecule has 1 heterocycles. The summed E-state index contributed by atoms with van der Waals surface area (Å²) in [4.78, 5) is 10.5. The molecule has 0 saturated carbocycles. The van der Waals surface area contributed by atoms with Crippen molar-refractivity contribution in [2.24, 2.45) is 0 Å². The van der Waals surface area contributed by atoms with Crippen LogP contribution in [-0.4, -0.2) is 30.7 Å². The predicted octanol–water partition coefficient (Wildman–Crippen LogP) is 2.51. The van der Waals surface area contributed by atoms with E-state index in [2.05, 4.69) is 5.32 Å². The van der Waals surface area contributed by atoms with E-state index in [1.54, 1.807) is 12.1 Å². The maximum absolute atomic E-state index is 11.0. The number of nitro benzene ring substituents is 1. The summed E-state index contributed by atoms with van der Waals surface area (Å²) >= 11 is 0. The second-order valence-electron chi connectivity index (χ2n) is 4.82. The second kappa shape index (κ2) is 7.09. The van der Waals surface area contributed by atoms with E-state index in [0.717, 1.165) is 32.4 Å². The zero-order chi connectivity index (χ0) is 14.4. The lowest BCUT2D eigenvalue weighted by Gasteiger charge is -2.24. The van der Waals surface area contributed by atoms with Gasteiger partial charge in [-0.25, -0.2) is 0 Å². The van der Waals surface area contributed by atoms with E-state index in [0.29, 0.717) is 12.4 Å². The highest BCUT2D eigenvalue weighted by atomic mass is 16.6. The fourth-order valence-electron chi connectivity index (χ4n) is 2.16. The van der Waals surface area contributed by atoms with Gasteiger partial charge in [-0.05, 0) is 31.9 Å². The van der Waals surface area contributed by atoms with Crippen LogP contribution in [0, 0.1) is 10.1 Å². The van der Waals surface area contributed by atoms with Gasteiger partial charge in [-0.15, -0.1) is 0 Å². The summed E-state index contributed by atoms with van der Waals surface area (Å²) < 4.78 is 11.3. The quantitative estimate of drug-likeness (QED) is 0.640. The second-order valence-corrected chi connectivity index (χ2v) is 4.82. The largest absolute Gasteiger partial charge is 0.489 e. The summed E-state index contributed by atoms with van der Waals surface area (Å²) in [5, 5.41) is 14.2. The number of nitrogens with one attached hydrogen (secondary N) is 1. The van der Waals surface area contributed by atoms with Gasteiger partial charge in [-0.3, -0.25) is 10.1 Å². The number of hydrogen-bond acceptors (Lipinski definition) is 5. The maximum atomic E-state index is 11.0. The Labute approximate surface area is 118 Å². The molecule has 20 heavy (non-hydrogen) atoms. The lowest BCUT2D eigenvalue weighted by atomic mass is 10.1. The van der Waals surface area contributed by atoms with E-state index >= 15 is 0 Å². The lowest BCUT2D eigenvalue weighted by molar-refractivity contribution is -0.385. The first kappa shape index (κ1) is 14.6. The highest BCUT2D eigenvalue weighted by molar-refractivity contribution is 5.50. The SMILES string of the molecule is CCCOc1cc(OC2CCCNC2)ccc1[N+](=O)[O-]. The van der Waals surface area contributed by atoms with Gasteiger partial charge in [0, 0.05) is 18.7 Å². The van der Waals surface area contributed by atoms with Crippen molar-refractivity contribution in [2.45, 2.75) is 32.3 Å². The number of benzene rings is 1. The van der Waals surface area contributed by atoms with Crippen LogP contribution in [0.1, 0.15) is 26.2 Å². The summed E-state index contributed by atoms with van der Waals surface area (Å²) in [6.07, 6.45) is 2.99. The van der Waals surface area contributed by atoms with Crippen LogP contribution >= 0.6 is 0 Å². The summed E-state index contributed by atoms with van der Waals surface area (Å²) in [5.74, 6) is 0.897. The van der Waals surface area contributed by atoms with E-state index < -0.39 is 4.92 Å². The van der Waals surface area contributed by atoms with Gasteiger partial charge >= 0.3 is 5.69 Å². The number of piperidine rings is 1. The molecule has 0 spiro atoms. The minimum absolute atomic E-state index is 0.0208. The van der Waals surface area contributed by atoms with Crippen molar-refractivity contribution >= 4 is 5.69 Å². The Morgan fingerprint density at radius 3 is 3.00 bits per heavy atom. The van der Waals surface area contributed by atoms with Crippen molar-refractivity contribution in [3.63, 3.8) is 0 Å². The molecular weight excluding hydrogens is 260 g/mol. The smallest absolute Gasteiger partial charge is 0.311 e. The molecule has 1 aliphatic heterocycles. The maximum Gasteiger partial charge on any atom is 0.311 e. The van der Waals surface area contributed by atoms with Gasteiger partial charge in [0.1, 0.15) is 11.9 Å². The predicted molar refractivity (Wildman–Crippen MR) is 75.4 cm³/mol. The normalized spacial score (nSPS) is 18.6. The first-order chi connectivity index (χ1) is 9.70. The molecule has 0 radical (unpaired) electrons. The Balaban J connectivity index is 2.10. The van der Waals surface area contributed by atoms with E-state index in [9.17, 15) is 10.1 Å². The molecule has 2 rings (SSSR count). The number of hydrogen-bond donors (Lipinski definition) is 1. The minimum Gasteiger partial charge on any atom is -0.489 e. The van der Waals surface area contributed by atoms with Crippen LogP contribution in [0.3, 0.4) is 0 Å². The molecule has 0 aromatic heterocycles. The highest BCUT2D eigenvalue weighted by Crippen LogP contribution is 2.32. The third-order valence-corrected chi connectivity index (χ3v) is 3.14. The third kappa shape index (κ3) is 3.84. The monoisotopic (exact) mass is 280 g/mol. The molecule has 0 bridgehead atoms. The van der Waals surface area contributed by atoms with Crippen LogP contribution in [0.2, 0.25) is 0 Å². The average Bonchev–Trinajstić information content (AvgIpc) is 2.46.